The molecule has 3 N–H and O–H groups in total. The highest BCUT2D eigenvalue weighted by Gasteiger charge is 2.20. The number of nitrogens with one attached hydrogen (secondary N) is 1. The van der Waals surface area contributed by atoms with Crippen LogP contribution in [0.25, 0.3) is 0 Å². The van der Waals surface area contributed by atoms with E-state index in [1.807, 2.05) is 31.2 Å². The second-order valence-electron chi connectivity index (χ2n) is 4.22. The van der Waals surface area contributed by atoms with Gasteiger partial charge < -0.3 is 15.5 Å². The molecule has 0 aromatic heterocycles. The molecule has 0 saturated heterocycles. The number of hydrogen-bond donors (Lipinski definition) is 3. The number of rotatable bonds is 5. The molecule has 0 aliphatic heterocycles. The van der Waals surface area contributed by atoms with E-state index in [0.29, 0.717) is 6.54 Å². The fourth-order valence-electron chi connectivity index (χ4n) is 1.18. The molecule has 0 amide bonds. The van der Waals surface area contributed by atoms with Gasteiger partial charge >= 0.3 is 0 Å². The summed E-state index contributed by atoms with van der Waals surface area (Å²) in [5.41, 5.74) is 1.77. The van der Waals surface area contributed by atoms with Crippen LogP contribution < -0.4 is 5.32 Å². The molecular formula is C12H19NO2. The zero-order chi connectivity index (χ0) is 11.3. The molecule has 0 radical (unpaired) electrons. The molecule has 0 heterocycles. The van der Waals surface area contributed by atoms with Crippen molar-refractivity contribution in [2.45, 2.75) is 25.9 Å². The molecule has 0 unspecified atom stereocenters. The van der Waals surface area contributed by atoms with Crippen molar-refractivity contribution in [1.29, 1.82) is 0 Å². The maximum absolute atomic E-state index is 9.08. The summed E-state index contributed by atoms with van der Waals surface area (Å²) in [6.07, 6.45) is 0. The van der Waals surface area contributed by atoms with Gasteiger partial charge in [-0.05, 0) is 19.4 Å². The van der Waals surface area contributed by atoms with Crippen LogP contribution in [0.15, 0.2) is 24.3 Å². The minimum absolute atomic E-state index is 0.0740. The average molecular weight is 209 g/mol. The van der Waals surface area contributed by atoms with Gasteiger partial charge in [-0.1, -0.05) is 29.8 Å². The highest BCUT2D eigenvalue weighted by Crippen LogP contribution is 2.06. The van der Waals surface area contributed by atoms with Gasteiger partial charge in [0.25, 0.3) is 0 Å². The summed E-state index contributed by atoms with van der Waals surface area (Å²) in [5, 5.41) is 21.3. The largest absolute Gasteiger partial charge is 0.394 e. The molecule has 15 heavy (non-hydrogen) atoms. The van der Waals surface area contributed by atoms with Crippen molar-refractivity contribution in [2.75, 3.05) is 13.2 Å². The van der Waals surface area contributed by atoms with Crippen LogP contribution in [0.3, 0.4) is 0 Å². The third kappa shape index (κ3) is 3.63. The quantitative estimate of drug-likeness (QED) is 0.673. The van der Waals surface area contributed by atoms with Crippen LogP contribution >= 0.6 is 0 Å². The Kier molecular flexibility index (Phi) is 4.27. The number of hydrogen-bond acceptors (Lipinski definition) is 3. The molecule has 0 aliphatic carbocycles. The minimum Gasteiger partial charge on any atom is -0.394 e. The molecule has 0 spiro atoms. The van der Waals surface area contributed by atoms with E-state index in [-0.39, 0.29) is 13.2 Å². The van der Waals surface area contributed by atoms with Crippen molar-refractivity contribution in [2.24, 2.45) is 0 Å². The van der Waals surface area contributed by atoms with E-state index in [4.69, 9.17) is 10.2 Å². The first-order chi connectivity index (χ1) is 7.09. The van der Waals surface area contributed by atoms with E-state index in [2.05, 4.69) is 5.32 Å². The fraction of sp³-hybridized carbons (Fsp3) is 0.500. The molecular weight excluding hydrogens is 190 g/mol. The van der Waals surface area contributed by atoms with Crippen LogP contribution in [0.4, 0.5) is 0 Å². The second kappa shape index (κ2) is 5.26. The van der Waals surface area contributed by atoms with Gasteiger partial charge in [0, 0.05) is 6.54 Å². The Balaban J connectivity index is 2.53. The maximum Gasteiger partial charge on any atom is 0.0633 e. The maximum atomic E-state index is 9.08. The molecule has 1 aromatic carbocycles. The van der Waals surface area contributed by atoms with Gasteiger partial charge in [-0.15, -0.1) is 0 Å². The Morgan fingerprint density at radius 2 is 1.67 bits per heavy atom. The molecule has 0 saturated carbocycles. The molecule has 3 heteroatoms. The van der Waals surface area contributed by atoms with E-state index in [9.17, 15) is 0 Å². The Bertz CT molecular complexity index is 291. The molecule has 1 rings (SSSR count). The summed E-state index contributed by atoms with van der Waals surface area (Å²) in [6, 6.07) is 8.17. The van der Waals surface area contributed by atoms with Crippen molar-refractivity contribution in [3.63, 3.8) is 0 Å². The third-order valence-electron chi connectivity index (χ3n) is 2.54. The number of aryl methyl sites for hydroxylation is 1. The lowest BCUT2D eigenvalue weighted by Gasteiger charge is -2.26. The summed E-state index contributed by atoms with van der Waals surface area (Å²) >= 11 is 0. The molecule has 1 aromatic rings. The predicted molar refractivity (Wildman–Crippen MR) is 60.6 cm³/mol. The van der Waals surface area contributed by atoms with Crippen LogP contribution in [0.5, 0.6) is 0 Å². The Labute approximate surface area is 90.8 Å². The van der Waals surface area contributed by atoms with E-state index in [1.54, 1.807) is 6.92 Å². The zero-order valence-corrected chi connectivity index (χ0v) is 9.33. The number of benzene rings is 1. The highest BCUT2D eigenvalue weighted by atomic mass is 16.3. The average Bonchev–Trinajstić information content (AvgIpc) is 2.28. The minimum atomic E-state index is -0.606. The first-order valence-electron chi connectivity index (χ1n) is 5.12. The van der Waals surface area contributed by atoms with Crippen LogP contribution in [-0.2, 0) is 6.54 Å². The predicted octanol–water partition coefficient (Wildman–Crippen LogP) is 0.828. The molecule has 0 aliphatic rings. The summed E-state index contributed by atoms with van der Waals surface area (Å²) in [6.45, 7) is 4.34. The van der Waals surface area contributed by atoms with Gasteiger partial charge in [0.15, 0.2) is 0 Å². The van der Waals surface area contributed by atoms with E-state index in [1.165, 1.54) is 5.56 Å². The van der Waals surface area contributed by atoms with Crippen LogP contribution in [-0.4, -0.2) is 29.0 Å². The van der Waals surface area contributed by atoms with Crippen LogP contribution in [0, 0.1) is 6.92 Å². The van der Waals surface area contributed by atoms with Gasteiger partial charge in [0.1, 0.15) is 0 Å². The Hall–Kier alpha value is -0.900. The van der Waals surface area contributed by atoms with Gasteiger partial charge in [0.05, 0.1) is 18.8 Å². The third-order valence-corrected chi connectivity index (χ3v) is 2.54. The zero-order valence-electron chi connectivity index (χ0n) is 9.33. The Morgan fingerprint density at radius 1 is 1.13 bits per heavy atom. The monoisotopic (exact) mass is 209 g/mol. The first-order valence-corrected chi connectivity index (χ1v) is 5.12. The molecule has 84 valence electrons. The lowest BCUT2D eigenvalue weighted by molar-refractivity contribution is 0.103. The van der Waals surface area contributed by atoms with E-state index < -0.39 is 5.54 Å². The van der Waals surface area contributed by atoms with Crippen molar-refractivity contribution < 1.29 is 10.2 Å². The molecule has 3 nitrogen and oxygen atoms in total. The summed E-state index contributed by atoms with van der Waals surface area (Å²) in [7, 11) is 0. The van der Waals surface area contributed by atoms with Crippen molar-refractivity contribution in [1.82, 2.24) is 5.32 Å². The lowest BCUT2D eigenvalue weighted by atomic mass is 10.0. The number of aliphatic hydroxyl groups is 2. The van der Waals surface area contributed by atoms with Gasteiger partial charge in [0.2, 0.25) is 0 Å². The summed E-state index contributed by atoms with van der Waals surface area (Å²) in [4.78, 5) is 0. The van der Waals surface area contributed by atoms with Gasteiger partial charge in [-0.2, -0.15) is 0 Å². The molecule has 0 atom stereocenters. The van der Waals surface area contributed by atoms with E-state index in [0.717, 1.165) is 5.56 Å². The lowest BCUT2D eigenvalue weighted by Crippen LogP contribution is -2.48. The summed E-state index contributed by atoms with van der Waals surface area (Å²) < 4.78 is 0. The van der Waals surface area contributed by atoms with Crippen LogP contribution in [0.1, 0.15) is 18.1 Å². The standard InChI is InChI=1S/C12H19NO2/c1-10-3-5-11(6-4-10)7-13-12(2,8-14)9-15/h3-6,13-15H,7-9H2,1-2H3. The first kappa shape index (κ1) is 12.2. The van der Waals surface area contributed by atoms with Crippen LogP contribution in [0.2, 0.25) is 0 Å². The van der Waals surface area contributed by atoms with E-state index >= 15 is 0 Å². The van der Waals surface area contributed by atoms with Crippen molar-refractivity contribution >= 4 is 0 Å². The normalized spacial score (nSPS) is 11.7. The second-order valence-corrected chi connectivity index (χ2v) is 4.22. The van der Waals surface area contributed by atoms with Gasteiger partial charge in [-0.3, -0.25) is 0 Å². The number of aliphatic hydroxyl groups excluding tert-OH is 2. The summed E-state index contributed by atoms with van der Waals surface area (Å²) in [5.74, 6) is 0. The smallest absolute Gasteiger partial charge is 0.0633 e. The molecule has 0 bridgehead atoms. The van der Waals surface area contributed by atoms with Gasteiger partial charge in [-0.25, -0.2) is 0 Å². The van der Waals surface area contributed by atoms with Crippen molar-refractivity contribution in [3.8, 4) is 0 Å². The topological polar surface area (TPSA) is 52.5 Å². The molecule has 0 fully saturated rings. The fourth-order valence-corrected chi connectivity index (χ4v) is 1.18. The Morgan fingerprint density at radius 3 is 2.13 bits per heavy atom. The van der Waals surface area contributed by atoms with Crippen molar-refractivity contribution in [3.05, 3.63) is 35.4 Å². The highest BCUT2D eigenvalue weighted by molar-refractivity contribution is 5.21. The SMILES string of the molecule is Cc1ccc(CNC(C)(CO)CO)cc1.